The molecule has 0 bridgehead atoms. The van der Waals surface area contributed by atoms with E-state index in [2.05, 4.69) is 6.92 Å². The summed E-state index contributed by atoms with van der Waals surface area (Å²) in [6, 6.07) is 24.3. The smallest absolute Gasteiger partial charge is 0.411 e. The first-order valence-electron chi connectivity index (χ1n) is 11.6. The molecular formula is C28H30FNO3. The molecule has 1 unspecified atom stereocenters. The molecular weight excluding hydrogens is 417 g/mol. The van der Waals surface area contributed by atoms with Gasteiger partial charge in [0.1, 0.15) is 11.4 Å². The third-order valence-electron chi connectivity index (χ3n) is 6.55. The fourth-order valence-electron chi connectivity index (χ4n) is 4.76. The van der Waals surface area contributed by atoms with Crippen molar-refractivity contribution in [2.24, 2.45) is 0 Å². The molecule has 4 nitrogen and oxygen atoms in total. The number of aliphatic hydroxyl groups excluding tert-OH is 1. The van der Waals surface area contributed by atoms with Crippen LogP contribution in [-0.4, -0.2) is 29.3 Å². The molecule has 3 aromatic rings. The van der Waals surface area contributed by atoms with E-state index in [1.54, 1.807) is 12.1 Å². The zero-order valence-electron chi connectivity index (χ0n) is 18.9. The number of ether oxygens (including phenoxy) is 1. The van der Waals surface area contributed by atoms with E-state index in [1.165, 1.54) is 12.1 Å². The summed E-state index contributed by atoms with van der Waals surface area (Å²) in [7, 11) is 0. The van der Waals surface area contributed by atoms with Crippen LogP contribution in [0.3, 0.4) is 0 Å². The van der Waals surface area contributed by atoms with Crippen LogP contribution >= 0.6 is 0 Å². The lowest BCUT2D eigenvalue weighted by Crippen LogP contribution is -2.49. The second-order valence-corrected chi connectivity index (χ2v) is 8.55. The summed E-state index contributed by atoms with van der Waals surface area (Å²) in [6.07, 6.45) is 2.28. The highest BCUT2D eigenvalue weighted by molar-refractivity contribution is 5.70. The fraction of sp³-hybridized carbons (Fsp3) is 0.321. The largest absolute Gasteiger partial charge is 0.438 e. The molecule has 1 saturated heterocycles. The maximum absolute atomic E-state index is 13.2. The highest BCUT2D eigenvalue weighted by Gasteiger charge is 2.43. The van der Waals surface area contributed by atoms with Crippen LogP contribution in [0.4, 0.5) is 9.18 Å². The van der Waals surface area contributed by atoms with Crippen molar-refractivity contribution in [3.05, 3.63) is 95.8 Å². The topological polar surface area (TPSA) is 49.8 Å². The van der Waals surface area contributed by atoms with Crippen molar-refractivity contribution in [1.82, 2.24) is 4.90 Å². The quantitative estimate of drug-likeness (QED) is 0.431. The van der Waals surface area contributed by atoms with Gasteiger partial charge in [-0.1, -0.05) is 73.7 Å². The molecule has 0 saturated carbocycles. The van der Waals surface area contributed by atoms with Crippen molar-refractivity contribution in [1.29, 1.82) is 0 Å². The molecule has 1 heterocycles. The van der Waals surface area contributed by atoms with Crippen LogP contribution in [0.5, 0.6) is 0 Å². The Labute approximate surface area is 194 Å². The van der Waals surface area contributed by atoms with Gasteiger partial charge in [-0.2, -0.15) is 0 Å². The molecule has 1 fully saturated rings. The number of carbonyl (C=O) groups excluding carboxylic acids is 1. The molecule has 0 radical (unpaired) electrons. The number of carbonyl (C=O) groups is 1. The number of cyclic esters (lactones) is 1. The summed E-state index contributed by atoms with van der Waals surface area (Å²) in [6.45, 7) is 2.71. The van der Waals surface area contributed by atoms with Crippen LogP contribution in [0.25, 0.3) is 11.1 Å². The van der Waals surface area contributed by atoms with E-state index < -0.39 is 5.60 Å². The van der Waals surface area contributed by atoms with Gasteiger partial charge < -0.3 is 14.7 Å². The SMILES string of the molecule is CCC(c1ccc(-c2ccc(F)cc2)cc1)N1CC[C@](CCCO)(c2ccccc2)OC1=O. The average molecular weight is 448 g/mol. The van der Waals surface area contributed by atoms with Crippen molar-refractivity contribution in [2.45, 2.75) is 44.2 Å². The number of rotatable bonds is 8. The summed E-state index contributed by atoms with van der Waals surface area (Å²) in [5.41, 5.74) is 3.26. The zero-order chi connectivity index (χ0) is 23.3. The normalized spacial score (nSPS) is 19.2. The number of halogens is 1. The Morgan fingerprint density at radius 3 is 2.21 bits per heavy atom. The van der Waals surface area contributed by atoms with Gasteiger partial charge in [-0.15, -0.1) is 0 Å². The van der Waals surface area contributed by atoms with Crippen LogP contribution in [0.1, 0.15) is 49.8 Å². The number of hydrogen-bond acceptors (Lipinski definition) is 3. The van der Waals surface area contributed by atoms with Crippen molar-refractivity contribution < 1.29 is 19.0 Å². The summed E-state index contributed by atoms with van der Waals surface area (Å²) >= 11 is 0. The maximum atomic E-state index is 13.2. The minimum atomic E-state index is -0.706. The molecule has 0 aliphatic carbocycles. The van der Waals surface area contributed by atoms with E-state index in [0.29, 0.717) is 25.8 Å². The lowest BCUT2D eigenvalue weighted by Gasteiger charge is -2.44. The van der Waals surface area contributed by atoms with Crippen LogP contribution in [-0.2, 0) is 10.3 Å². The van der Waals surface area contributed by atoms with Crippen molar-refractivity contribution in [3.63, 3.8) is 0 Å². The van der Waals surface area contributed by atoms with E-state index in [-0.39, 0.29) is 24.6 Å². The van der Waals surface area contributed by atoms with E-state index in [0.717, 1.165) is 28.7 Å². The summed E-state index contributed by atoms with van der Waals surface area (Å²) < 4.78 is 19.4. The molecule has 33 heavy (non-hydrogen) atoms. The van der Waals surface area contributed by atoms with Gasteiger partial charge in [0, 0.05) is 19.6 Å². The number of amides is 1. The van der Waals surface area contributed by atoms with Gasteiger partial charge in [-0.25, -0.2) is 9.18 Å². The maximum Gasteiger partial charge on any atom is 0.411 e. The van der Waals surface area contributed by atoms with E-state index in [9.17, 15) is 14.3 Å². The summed E-state index contributed by atoms with van der Waals surface area (Å²) in [5, 5.41) is 9.40. The Hall–Kier alpha value is -3.18. The molecule has 1 amide bonds. The Kier molecular flexibility index (Phi) is 7.09. The minimum absolute atomic E-state index is 0.0633. The average Bonchev–Trinajstić information content (AvgIpc) is 2.86. The first-order chi connectivity index (χ1) is 16.1. The van der Waals surface area contributed by atoms with E-state index in [1.807, 2.05) is 59.5 Å². The van der Waals surface area contributed by atoms with Crippen LogP contribution in [0.2, 0.25) is 0 Å². The monoisotopic (exact) mass is 447 g/mol. The second-order valence-electron chi connectivity index (χ2n) is 8.55. The van der Waals surface area contributed by atoms with Gasteiger partial charge in [0.2, 0.25) is 0 Å². The third kappa shape index (κ3) is 4.93. The Bertz CT molecular complexity index is 1050. The number of benzene rings is 3. The van der Waals surface area contributed by atoms with Crippen molar-refractivity contribution in [3.8, 4) is 11.1 Å². The molecule has 1 N–H and O–H groups in total. The van der Waals surface area contributed by atoms with Gasteiger partial charge in [-0.05, 0) is 53.6 Å². The number of aliphatic hydroxyl groups is 1. The minimum Gasteiger partial charge on any atom is -0.438 e. The lowest BCUT2D eigenvalue weighted by molar-refractivity contribution is -0.0697. The standard InChI is InChI=1S/C28H30FNO3/c1-2-26(23-11-9-21(10-12-23)22-13-15-25(29)16-14-22)30-19-18-28(17-6-20-31,33-27(30)32)24-7-4-3-5-8-24/h3-5,7-16,26,31H,2,6,17-20H2,1H3/t26?,28-/m1/s1. The van der Waals surface area contributed by atoms with Crippen molar-refractivity contribution in [2.75, 3.05) is 13.2 Å². The Morgan fingerprint density at radius 2 is 1.64 bits per heavy atom. The van der Waals surface area contributed by atoms with E-state index >= 15 is 0 Å². The predicted molar refractivity (Wildman–Crippen MR) is 127 cm³/mol. The molecule has 5 heteroatoms. The van der Waals surface area contributed by atoms with Gasteiger partial charge in [0.05, 0.1) is 6.04 Å². The first-order valence-corrected chi connectivity index (χ1v) is 11.6. The third-order valence-corrected chi connectivity index (χ3v) is 6.55. The van der Waals surface area contributed by atoms with E-state index in [4.69, 9.17) is 4.74 Å². The fourth-order valence-corrected chi connectivity index (χ4v) is 4.76. The van der Waals surface area contributed by atoms with Gasteiger partial charge in [0.15, 0.2) is 0 Å². The molecule has 0 aromatic heterocycles. The zero-order valence-corrected chi connectivity index (χ0v) is 18.9. The highest BCUT2D eigenvalue weighted by atomic mass is 19.1. The molecule has 3 aromatic carbocycles. The molecule has 4 rings (SSSR count). The molecule has 0 spiro atoms. The number of hydrogen-bond donors (Lipinski definition) is 1. The second kappa shape index (κ2) is 10.2. The highest BCUT2D eigenvalue weighted by Crippen LogP contribution is 2.41. The Morgan fingerprint density at radius 1 is 1.00 bits per heavy atom. The first kappa shape index (κ1) is 23.0. The molecule has 2 atom stereocenters. The van der Waals surface area contributed by atoms with Crippen LogP contribution in [0.15, 0.2) is 78.9 Å². The Balaban J connectivity index is 1.53. The lowest BCUT2D eigenvalue weighted by atomic mass is 9.84. The van der Waals surface area contributed by atoms with Crippen LogP contribution in [0, 0.1) is 5.82 Å². The van der Waals surface area contributed by atoms with Gasteiger partial charge in [-0.3, -0.25) is 0 Å². The number of nitrogens with zero attached hydrogens (tertiary/aromatic N) is 1. The van der Waals surface area contributed by atoms with Crippen LogP contribution < -0.4 is 0 Å². The molecule has 172 valence electrons. The van der Waals surface area contributed by atoms with Gasteiger partial charge in [0.25, 0.3) is 0 Å². The predicted octanol–water partition coefficient (Wildman–Crippen LogP) is 6.45. The van der Waals surface area contributed by atoms with Crippen molar-refractivity contribution >= 4 is 6.09 Å². The summed E-state index contributed by atoms with van der Waals surface area (Å²) in [5.74, 6) is -0.254. The summed E-state index contributed by atoms with van der Waals surface area (Å²) in [4.78, 5) is 15.1. The van der Waals surface area contributed by atoms with Gasteiger partial charge >= 0.3 is 6.09 Å². The molecule has 1 aliphatic rings. The molecule has 1 aliphatic heterocycles.